The van der Waals surface area contributed by atoms with Crippen LogP contribution in [0.3, 0.4) is 0 Å². The molecule has 0 saturated carbocycles. The summed E-state index contributed by atoms with van der Waals surface area (Å²) in [6.07, 6.45) is 5.70. The van der Waals surface area contributed by atoms with Crippen LogP contribution in [0.5, 0.6) is 0 Å². The predicted octanol–water partition coefficient (Wildman–Crippen LogP) is 2.95. The maximum atomic E-state index is 13.2. The van der Waals surface area contributed by atoms with E-state index in [1.165, 1.54) is 12.1 Å². The first-order valence-corrected chi connectivity index (χ1v) is 8.70. The van der Waals surface area contributed by atoms with Crippen LogP contribution in [0.15, 0.2) is 24.3 Å². The monoisotopic (exact) mass is 296 g/mol. The maximum Gasteiger partial charge on any atom is 0.123 e. The summed E-state index contributed by atoms with van der Waals surface area (Å²) in [5.74, 6) is -0.226. The molecule has 2 saturated heterocycles. The van der Waals surface area contributed by atoms with Gasteiger partial charge in [0.2, 0.25) is 0 Å². The van der Waals surface area contributed by atoms with E-state index in [1.807, 2.05) is 6.07 Å². The lowest BCUT2D eigenvalue weighted by Gasteiger charge is -2.43. The van der Waals surface area contributed by atoms with E-state index in [4.69, 9.17) is 0 Å². The smallest absolute Gasteiger partial charge is 0.123 e. The van der Waals surface area contributed by atoms with Gasteiger partial charge in [-0.15, -0.1) is 0 Å². The number of halogens is 1. The molecule has 2 unspecified atom stereocenters. The molecule has 0 aliphatic carbocycles. The Balaban J connectivity index is 1.66. The highest BCUT2D eigenvalue weighted by Crippen LogP contribution is 2.41. The first kappa shape index (κ1) is 14.2. The number of aryl methyl sites for hydroxylation is 1. The minimum atomic E-state index is -0.754. The third-order valence-electron chi connectivity index (χ3n) is 4.69. The number of benzene rings is 1. The molecule has 0 spiro atoms. The van der Waals surface area contributed by atoms with Crippen molar-refractivity contribution in [2.45, 2.75) is 61.0 Å². The second kappa shape index (κ2) is 5.57. The molecule has 2 nitrogen and oxygen atoms in total. The molecule has 1 aromatic carbocycles. The molecule has 2 bridgehead atoms. The molecule has 1 aromatic rings. The fraction of sp³-hybridized carbons (Fsp3) is 0.625. The first-order valence-electron chi connectivity index (χ1n) is 7.42. The van der Waals surface area contributed by atoms with E-state index in [-0.39, 0.29) is 16.3 Å². The highest BCUT2D eigenvalue weighted by atomic mass is 32.2. The van der Waals surface area contributed by atoms with Crippen LogP contribution in [0, 0.1) is 5.82 Å². The summed E-state index contributed by atoms with van der Waals surface area (Å²) in [5, 5.41) is 11.1. The molecule has 3 rings (SSSR count). The Morgan fingerprint density at radius 1 is 1.30 bits per heavy atom. The van der Waals surface area contributed by atoms with Gasteiger partial charge in [0.15, 0.2) is 0 Å². The van der Waals surface area contributed by atoms with E-state index < -0.39 is 16.4 Å². The zero-order valence-corrected chi connectivity index (χ0v) is 12.4. The molecule has 110 valence electrons. The largest absolute Gasteiger partial charge is 0.390 e. The molecular formula is C16H21FO2S. The topological polar surface area (TPSA) is 37.3 Å². The van der Waals surface area contributed by atoms with Crippen LogP contribution in [0.25, 0.3) is 0 Å². The fourth-order valence-corrected chi connectivity index (χ4v) is 5.94. The molecule has 1 N–H and O–H groups in total. The molecule has 4 heteroatoms. The second-order valence-corrected chi connectivity index (χ2v) is 8.26. The van der Waals surface area contributed by atoms with Gasteiger partial charge in [0, 0.05) is 21.3 Å². The van der Waals surface area contributed by atoms with E-state index in [0.717, 1.165) is 24.8 Å². The van der Waals surface area contributed by atoms with Crippen molar-refractivity contribution in [3.63, 3.8) is 0 Å². The van der Waals surface area contributed by atoms with Crippen molar-refractivity contribution in [1.29, 1.82) is 0 Å². The molecule has 2 aliphatic rings. The lowest BCUT2D eigenvalue weighted by molar-refractivity contribution is 0.00338. The molecule has 2 heterocycles. The molecule has 0 amide bonds. The summed E-state index contributed by atoms with van der Waals surface area (Å²) in [6.45, 7) is 0. The average molecular weight is 296 g/mol. The van der Waals surface area contributed by atoms with Gasteiger partial charge in [-0.2, -0.15) is 0 Å². The first-order chi connectivity index (χ1) is 9.56. The Morgan fingerprint density at radius 2 is 2.00 bits per heavy atom. The van der Waals surface area contributed by atoms with Crippen LogP contribution in [0.1, 0.15) is 44.1 Å². The van der Waals surface area contributed by atoms with Crippen molar-refractivity contribution in [3.05, 3.63) is 35.6 Å². The lowest BCUT2D eigenvalue weighted by atomic mass is 9.81. The fourth-order valence-electron chi connectivity index (χ4n) is 3.65. The molecule has 20 heavy (non-hydrogen) atoms. The van der Waals surface area contributed by atoms with Gasteiger partial charge in [0.1, 0.15) is 5.82 Å². The Bertz CT molecular complexity index is 501. The highest BCUT2D eigenvalue weighted by molar-refractivity contribution is 7.86. The van der Waals surface area contributed by atoms with E-state index in [1.54, 1.807) is 6.07 Å². The number of aliphatic hydroxyl groups is 1. The highest BCUT2D eigenvalue weighted by Gasteiger charge is 2.45. The van der Waals surface area contributed by atoms with Crippen molar-refractivity contribution >= 4 is 10.8 Å². The number of fused-ring (bicyclic) bond motifs is 2. The van der Waals surface area contributed by atoms with E-state index in [0.29, 0.717) is 25.7 Å². The number of rotatable bonds is 3. The average Bonchev–Trinajstić information content (AvgIpc) is 2.39. The number of hydrogen-bond acceptors (Lipinski definition) is 2. The summed E-state index contributed by atoms with van der Waals surface area (Å²) in [7, 11) is -0.754. The van der Waals surface area contributed by atoms with Crippen molar-refractivity contribution in [2.24, 2.45) is 0 Å². The van der Waals surface area contributed by atoms with Gasteiger partial charge in [-0.3, -0.25) is 4.21 Å². The Kier molecular flexibility index (Phi) is 3.95. The van der Waals surface area contributed by atoms with Gasteiger partial charge in [-0.05, 0) is 56.2 Å². The van der Waals surface area contributed by atoms with Crippen LogP contribution in [0.4, 0.5) is 4.39 Å². The van der Waals surface area contributed by atoms with E-state index in [9.17, 15) is 13.7 Å². The van der Waals surface area contributed by atoms with Crippen LogP contribution in [-0.4, -0.2) is 25.4 Å². The summed E-state index contributed by atoms with van der Waals surface area (Å²) >= 11 is 0. The van der Waals surface area contributed by atoms with Gasteiger partial charge in [-0.1, -0.05) is 18.6 Å². The minimum absolute atomic E-state index is 0.167. The second-order valence-electron chi connectivity index (χ2n) is 6.27. The van der Waals surface area contributed by atoms with Gasteiger partial charge >= 0.3 is 0 Å². The van der Waals surface area contributed by atoms with Crippen molar-refractivity contribution < 1.29 is 13.7 Å². The minimum Gasteiger partial charge on any atom is -0.390 e. The summed E-state index contributed by atoms with van der Waals surface area (Å²) < 4.78 is 25.3. The Labute approximate surface area is 121 Å². The summed E-state index contributed by atoms with van der Waals surface area (Å²) in [4.78, 5) is 0. The third-order valence-corrected chi connectivity index (χ3v) is 6.81. The molecule has 2 atom stereocenters. The molecular weight excluding hydrogens is 275 g/mol. The normalized spacial score (nSPS) is 36.8. The molecule has 0 radical (unpaired) electrons. The van der Waals surface area contributed by atoms with Gasteiger partial charge in [0.25, 0.3) is 0 Å². The van der Waals surface area contributed by atoms with Crippen LogP contribution in [-0.2, 0) is 17.2 Å². The van der Waals surface area contributed by atoms with Crippen molar-refractivity contribution in [3.8, 4) is 0 Å². The van der Waals surface area contributed by atoms with E-state index >= 15 is 0 Å². The van der Waals surface area contributed by atoms with Gasteiger partial charge in [-0.25, -0.2) is 4.39 Å². The van der Waals surface area contributed by atoms with Crippen LogP contribution in [0.2, 0.25) is 0 Å². The maximum absolute atomic E-state index is 13.2. The van der Waals surface area contributed by atoms with Gasteiger partial charge in [0.05, 0.1) is 5.60 Å². The van der Waals surface area contributed by atoms with E-state index in [2.05, 4.69) is 0 Å². The summed E-state index contributed by atoms with van der Waals surface area (Å²) in [5.41, 5.74) is 0.214. The molecule has 2 aliphatic heterocycles. The molecule has 0 aromatic heterocycles. The number of hydrogen-bond donors (Lipinski definition) is 1. The van der Waals surface area contributed by atoms with Crippen LogP contribution < -0.4 is 0 Å². The quantitative estimate of drug-likeness (QED) is 0.931. The molecule has 2 fully saturated rings. The zero-order valence-electron chi connectivity index (χ0n) is 11.6. The standard InChI is InChI=1S/C16H21FO2S/c17-13-4-1-3-12(9-13)7-8-16(18)10-14-5-2-6-15(11-16)20(14)19/h1,3-4,9,14-15,18H,2,5-8,10-11H2. The SMILES string of the molecule is O=S1C2CCCC1CC(O)(CCc1cccc(F)c1)C2. The van der Waals surface area contributed by atoms with Gasteiger partial charge < -0.3 is 5.11 Å². The van der Waals surface area contributed by atoms with Crippen LogP contribution >= 0.6 is 0 Å². The Morgan fingerprint density at radius 3 is 2.65 bits per heavy atom. The lowest BCUT2D eigenvalue weighted by Crippen LogP contribution is -2.49. The van der Waals surface area contributed by atoms with Crippen molar-refractivity contribution in [2.75, 3.05) is 0 Å². The predicted molar refractivity (Wildman–Crippen MR) is 78.5 cm³/mol. The summed E-state index contributed by atoms with van der Waals surface area (Å²) in [6, 6.07) is 6.57. The Hall–Kier alpha value is -0.740. The zero-order chi connectivity index (χ0) is 14.2. The van der Waals surface area contributed by atoms with Crippen molar-refractivity contribution in [1.82, 2.24) is 0 Å². The third kappa shape index (κ3) is 2.96.